The molecule has 0 aromatic heterocycles. The lowest BCUT2D eigenvalue weighted by atomic mass is 10.2. The molecule has 0 aliphatic heterocycles. The number of aromatic hydroxyl groups is 1. The number of hydrogen-bond acceptors (Lipinski definition) is 4. The summed E-state index contributed by atoms with van der Waals surface area (Å²) >= 11 is 11.6. The molecule has 2 rings (SSSR count). The van der Waals surface area contributed by atoms with Crippen molar-refractivity contribution in [2.24, 2.45) is 0 Å². The Kier molecular flexibility index (Phi) is 6.06. The number of rotatable bonds is 6. The van der Waals surface area contributed by atoms with Crippen LogP contribution >= 0.6 is 23.2 Å². The summed E-state index contributed by atoms with van der Waals surface area (Å²) in [4.78, 5) is 12.0. The van der Waals surface area contributed by atoms with E-state index in [1.165, 1.54) is 24.3 Å². The topological polar surface area (TPSA) is 95.5 Å². The lowest BCUT2D eigenvalue weighted by molar-refractivity contribution is -0.116. The van der Waals surface area contributed by atoms with Gasteiger partial charge in [-0.1, -0.05) is 41.4 Å². The molecule has 6 nitrogen and oxygen atoms in total. The number of phenols is 1. The van der Waals surface area contributed by atoms with Crippen molar-refractivity contribution in [3.63, 3.8) is 0 Å². The normalized spacial score (nSPS) is 11.2. The van der Waals surface area contributed by atoms with Crippen LogP contribution in [0.1, 0.15) is 6.42 Å². The van der Waals surface area contributed by atoms with Crippen LogP contribution in [0, 0.1) is 0 Å². The highest BCUT2D eigenvalue weighted by Crippen LogP contribution is 2.34. The summed E-state index contributed by atoms with van der Waals surface area (Å²) in [6, 6.07) is 10.5. The third-order valence-corrected chi connectivity index (χ3v) is 4.98. The van der Waals surface area contributed by atoms with Crippen molar-refractivity contribution >= 4 is 44.8 Å². The number of sulfonamides is 1. The summed E-state index contributed by atoms with van der Waals surface area (Å²) in [7, 11) is -3.67. The highest BCUT2D eigenvalue weighted by molar-refractivity contribution is 7.89. The molecule has 0 saturated heterocycles. The predicted octanol–water partition coefficient (Wildman–Crippen LogP) is 3.01. The van der Waals surface area contributed by atoms with Crippen molar-refractivity contribution < 1.29 is 18.3 Å². The minimum atomic E-state index is -3.67. The van der Waals surface area contributed by atoms with Crippen molar-refractivity contribution in [2.75, 3.05) is 11.9 Å². The van der Waals surface area contributed by atoms with Gasteiger partial charge < -0.3 is 10.4 Å². The Balaban J connectivity index is 1.93. The number of amides is 1. The average Bonchev–Trinajstić information content (AvgIpc) is 2.53. The van der Waals surface area contributed by atoms with Crippen molar-refractivity contribution in [1.82, 2.24) is 4.72 Å². The maximum atomic E-state index is 12.0. The van der Waals surface area contributed by atoms with Gasteiger partial charge in [-0.05, 0) is 24.3 Å². The van der Waals surface area contributed by atoms with Crippen LogP contribution in [0.4, 0.5) is 5.69 Å². The first-order chi connectivity index (χ1) is 11.3. The Labute approximate surface area is 149 Å². The third kappa shape index (κ3) is 4.85. The number of hydrogen-bond donors (Lipinski definition) is 3. The van der Waals surface area contributed by atoms with Gasteiger partial charge in [0.15, 0.2) is 5.75 Å². The lowest BCUT2D eigenvalue weighted by Crippen LogP contribution is -2.27. The second kappa shape index (κ2) is 7.85. The van der Waals surface area contributed by atoms with Gasteiger partial charge in [0.1, 0.15) is 0 Å². The molecule has 0 aliphatic rings. The Morgan fingerprint density at radius 2 is 1.79 bits per heavy atom. The predicted molar refractivity (Wildman–Crippen MR) is 93.0 cm³/mol. The van der Waals surface area contributed by atoms with Gasteiger partial charge in [-0.15, -0.1) is 0 Å². The van der Waals surface area contributed by atoms with Crippen molar-refractivity contribution in [3.05, 3.63) is 52.5 Å². The van der Waals surface area contributed by atoms with E-state index < -0.39 is 15.9 Å². The molecule has 1 amide bonds. The van der Waals surface area contributed by atoms with E-state index in [-0.39, 0.29) is 39.3 Å². The minimum absolute atomic E-state index is 0.00239. The van der Waals surface area contributed by atoms with E-state index in [2.05, 4.69) is 10.0 Å². The van der Waals surface area contributed by atoms with E-state index in [4.69, 9.17) is 23.2 Å². The number of carbonyl (C=O) groups is 1. The van der Waals surface area contributed by atoms with Gasteiger partial charge in [0.2, 0.25) is 15.9 Å². The van der Waals surface area contributed by atoms with Crippen LogP contribution in [-0.4, -0.2) is 26.0 Å². The number of carbonyl (C=O) groups excluding carboxylic acids is 1. The van der Waals surface area contributed by atoms with Crippen LogP contribution in [0.2, 0.25) is 10.0 Å². The molecule has 0 saturated carbocycles. The molecule has 0 heterocycles. The third-order valence-electron chi connectivity index (χ3n) is 3.00. The van der Waals surface area contributed by atoms with Gasteiger partial charge in [0.05, 0.1) is 15.6 Å². The zero-order valence-corrected chi connectivity index (χ0v) is 14.6. The van der Waals surface area contributed by atoms with Crippen molar-refractivity contribution in [1.29, 1.82) is 0 Å². The molecule has 2 aromatic rings. The highest BCUT2D eigenvalue weighted by Gasteiger charge is 2.15. The molecule has 24 heavy (non-hydrogen) atoms. The summed E-state index contributed by atoms with van der Waals surface area (Å²) in [6.45, 7) is -0.0991. The summed E-state index contributed by atoms with van der Waals surface area (Å²) in [5.41, 5.74) is 0.0587. The SMILES string of the molecule is O=C(CCNS(=O)(=O)c1ccccc1)Nc1cc(Cl)cc(Cl)c1O. The molecular weight excluding hydrogens is 375 g/mol. The molecule has 128 valence electrons. The number of anilines is 1. The first-order valence-corrected chi connectivity index (χ1v) is 9.06. The van der Waals surface area contributed by atoms with E-state index in [0.717, 1.165) is 0 Å². The maximum Gasteiger partial charge on any atom is 0.240 e. The summed E-state index contributed by atoms with van der Waals surface area (Å²) in [5, 5.41) is 12.4. The van der Waals surface area contributed by atoms with Gasteiger partial charge in [0.25, 0.3) is 0 Å². The fourth-order valence-corrected chi connectivity index (χ4v) is 3.40. The number of phenolic OH excluding ortho intramolecular Hbond substituents is 1. The van der Waals surface area contributed by atoms with Crippen molar-refractivity contribution in [3.8, 4) is 5.75 Å². The first-order valence-electron chi connectivity index (χ1n) is 6.82. The Bertz CT molecular complexity index is 842. The zero-order valence-electron chi connectivity index (χ0n) is 12.3. The Morgan fingerprint density at radius 1 is 1.12 bits per heavy atom. The second-order valence-corrected chi connectivity index (χ2v) is 7.40. The summed E-state index contributed by atoms with van der Waals surface area (Å²) in [5.74, 6) is -0.807. The largest absolute Gasteiger partial charge is 0.504 e. The van der Waals surface area contributed by atoms with Gasteiger partial charge in [0, 0.05) is 18.0 Å². The molecule has 0 unspecified atom stereocenters. The molecule has 0 aliphatic carbocycles. The highest BCUT2D eigenvalue weighted by atomic mass is 35.5. The molecule has 0 spiro atoms. The smallest absolute Gasteiger partial charge is 0.240 e. The zero-order chi connectivity index (χ0) is 17.7. The van der Waals surface area contributed by atoms with Crippen LogP contribution in [0.25, 0.3) is 0 Å². The van der Waals surface area contributed by atoms with Crippen LogP contribution < -0.4 is 10.0 Å². The van der Waals surface area contributed by atoms with E-state index in [9.17, 15) is 18.3 Å². The summed E-state index contributed by atoms with van der Waals surface area (Å²) < 4.78 is 26.3. The fourth-order valence-electron chi connectivity index (χ4n) is 1.86. The second-order valence-electron chi connectivity index (χ2n) is 4.79. The molecule has 0 bridgehead atoms. The van der Waals surface area contributed by atoms with E-state index in [0.29, 0.717) is 0 Å². The fraction of sp³-hybridized carbons (Fsp3) is 0.133. The Morgan fingerprint density at radius 3 is 2.46 bits per heavy atom. The molecular formula is C15H14Cl2N2O4S. The summed E-state index contributed by atoms with van der Waals surface area (Å²) in [6.07, 6.45) is -0.129. The van der Waals surface area contributed by atoms with Crippen LogP contribution in [0.15, 0.2) is 47.4 Å². The molecule has 0 fully saturated rings. The van der Waals surface area contributed by atoms with E-state index >= 15 is 0 Å². The monoisotopic (exact) mass is 388 g/mol. The average molecular weight is 389 g/mol. The molecule has 0 atom stereocenters. The van der Waals surface area contributed by atoms with Crippen LogP contribution in [0.3, 0.4) is 0 Å². The molecule has 3 N–H and O–H groups in total. The number of benzene rings is 2. The first kappa shape index (κ1) is 18.5. The number of nitrogens with one attached hydrogen (secondary N) is 2. The molecule has 2 aromatic carbocycles. The standard InChI is InChI=1S/C15H14Cl2N2O4S/c16-10-8-12(17)15(21)13(9-10)19-14(20)6-7-18-24(22,23)11-4-2-1-3-5-11/h1-5,8-9,18,21H,6-7H2,(H,19,20). The van der Waals surface area contributed by atoms with Crippen LogP contribution in [0.5, 0.6) is 5.75 Å². The number of halogens is 2. The van der Waals surface area contributed by atoms with Gasteiger partial charge in [-0.2, -0.15) is 0 Å². The van der Waals surface area contributed by atoms with Gasteiger partial charge in [-0.3, -0.25) is 4.79 Å². The maximum absolute atomic E-state index is 12.0. The Hall–Kier alpha value is -1.80. The van der Waals surface area contributed by atoms with E-state index in [1.807, 2.05) is 0 Å². The van der Waals surface area contributed by atoms with Gasteiger partial charge in [-0.25, -0.2) is 13.1 Å². The van der Waals surface area contributed by atoms with Crippen LogP contribution in [-0.2, 0) is 14.8 Å². The van der Waals surface area contributed by atoms with E-state index in [1.54, 1.807) is 18.2 Å². The molecule has 0 radical (unpaired) electrons. The van der Waals surface area contributed by atoms with Gasteiger partial charge >= 0.3 is 0 Å². The molecule has 9 heteroatoms. The quantitative estimate of drug-likeness (QED) is 0.662. The lowest BCUT2D eigenvalue weighted by Gasteiger charge is -2.10. The van der Waals surface area contributed by atoms with Crippen molar-refractivity contribution in [2.45, 2.75) is 11.3 Å². The minimum Gasteiger partial charge on any atom is -0.504 e.